The van der Waals surface area contributed by atoms with Gasteiger partial charge >= 0.3 is 0 Å². The topological polar surface area (TPSA) is 53.0 Å². The molecule has 32 heavy (non-hydrogen) atoms. The Bertz CT molecular complexity index is 835. The first-order chi connectivity index (χ1) is 15.0. The fourth-order valence-corrected chi connectivity index (χ4v) is 4.76. The lowest BCUT2D eigenvalue weighted by Gasteiger charge is -2.28. The summed E-state index contributed by atoms with van der Waals surface area (Å²) in [6.45, 7) is 10.9. The number of ether oxygens (including phenoxy) is 1. The third kappa shape index (κ3) is 7.40. The highest BCUT2D eigenvalue weighted by atomic mass is 127. The first kappa shape index (κ1) is 27.0. The highest BCUT2D eigenvalue weighted by Gasteiger charge is 2.23. The van der Waals surface area contributed by atoms with Crippen molar-refractivity contribution in [1.82, 2.24) is 20.1 Å². The van der Waals surface area contributed by atoms with Crippen molar-refractivity contribution < 1.29 is 4.74 Å². The molecule has 0 aliphatic carbocycles. The molecule has 0 saturated carbocycles. The Hall–Kier alpha value is -1.23. The first-order valence-corrected chi connectivity index (χ1v) is 12.2. The van der Waals surface area contributed by atoms with Gasteiger partial charge in [-0.2, -0.15) is 0 Å². The van der Waals surface area contributed by atoms with E-state index in [0.717, 1.165) is 49.4 Å². The third-order valence-corrected chi connectivity index (χ3v) is 6.88. The highest BCUT2D eigenvalue weighted by molar-refractivity contribution is 14.0. The summed E-state index contributed by atoms with van der Waals surface area (Å²) in [5, 5.41) is 6.59. The van der Waals surface area contributed by atoms with Crippen LogP contribution in [-0.4, -0.2) is 61.1 Å². The van der Waals surface area contributed by atoms with Crippen LogP contribution in [0.1, 0.15) is 60.7 Å². The highest BCUT2D eigenvalue weighted by Crippen LogP contribution is 2.26. The van der Waals surface area contributed by atoms with Crippen LogP contribution in [0.25, 0.3) is 0 Å². The Morgan fingerprint density at radius 3 is 2.59 bits per heavy atom. The number of hydrogen-bond acceptors (Lipinski definition) is 5. The lowest BCUT2D eigenvalue weighted by Crippen LogP contribution is -2.39. The van der Waals surface area contributed by atoms with E-state index in [2.05, 4.69) is 65.7 Å². The second-order valence-electron chi connectivity index (χ2n) is 8.28. The van der Waals surface area contributed by atoms with Gasteiger partial charge in [0.1, 0.15) is 11.1 Å². The fraction of sp³-hybridized carbons (Fsp3) is 0.583. The van der Waals surface area contributed by atoms with Crippen molar-refractivity contribution in [3.8, 4) is 0 Å². The average molecular weight is 572 g/mol. The van der Waals surface area contributed by atoms with Gasteiger partial charge in [0.2, 0.25) is 0 Å². The Kier molecular flexibility index (Phi) is 11.4. The summed E-state index contributed by atoms with van der Waals surface area (Å²) in [5.41, 5.74) is 3.70. The number of methoxy groups -OCH3 is 1. The number of benzene rings is 1. The standard InChI is InChI=1S/C24H37N5OS.HI/c1-6-25-24(28(4)16-21-17-31-23(27-21)19(3)30-5)26-15-22(29-13-7-8-14-29)20-11-9-18(2)10-12-20;/h9-12,17,19,22H,6-8,13-16H2,1-5H3,(H,25,26);1H. The van der Waals surface area contributed by atoms with Crippen molar-refractivity contribution in [1.29, 1.82) is 0 Å². The smallest absolute Gasteiger partial charge is 0.194 e. The van der Waals surface area contributed by atoms with Crippen LogP contribution >= 0.6 is 35.3 Å². The van der Waals surface area contributed by atoms with Gasteiger partial charge in [0.15, 0.2) is 5.96 Å². The Morgan fingerprint density at radius 2 is 1.97 bits per heavy atom. The van der Waals surface area contributed by atoms with Crippen LogP contribution in [0.5, 0.6) is 0 Å². The van der Waals surface area contributed by atoms with Crippen molar-refractivity contribution in [2.45, 2.75) is 52.3 Å². The molecular weight excluding hydrogens is 533 g/mol. The number of rotatable bonds is 9. The number of hydrogen-bond donors (Lipinski definition) is 1. The van der Waals surface area contributed by atoms with E-state index < -0.39 is 0 Å². The molecule has 0 amide bonds. The third-order valence-electron chi connectivity index (χ3n) is 5.82. The minimum Gasteiger partial charge on any atom is -0.375 e. The molecule has 1 aromatic heterocycles. The number of aliphatic imine (C=N–C) groups is 1. The molecule has 1 aromatic carbocycles. The number of aromatic nitrogens is 1. The van der Waals surface area contributed by atoms with Crippen LogP contribution in [0.2, 0.25) is 0 Å². The summed E-state index contributed by atoms with van der Waals surface area (Å²) in [6.07, 6.45) is 2.58. The van der Waals surface area contributed by atoms with Gasteiger partial charge in [0, 0.05) is 26.1 Å². The summed E-state index contributed by atoms with van der Waals surface area (Å²) in [5.74, 6) is 0.924. The van der Waals surface area contributed by atoms with Crippen molar-refractivity contribution in [3.05, 3.63) is 51.5 Å². The maximum absolute atomic E-state index is 5.40. The second kappa shape index (κ2) is 13.5. The molecule has 0 spiro atoms. The van der Waals surface area contributed by atoms with Crippen LogP contribution in [-0.2, 0) is 11.3 Å². The molecule has 2 atom stereocenters. The van der Waals surface area contributed by atoms with Gasteiger partial charge in [0.05, 0.1) is 24.8 Å². The lowest BCUT2D eigenvalue weighted by atomic mass is 10.0. The van der Waals surface area contributed by atoms with E-state index >= 15 is 0 Å². The van der Waals surface area contributed by atoms with E-state index in [-0.39, 0.29) is 30.1 Å². The van der Waals surface area contributed by atoms with E-state index in [4.69, 9.17) is 14.7 Å². The molecule has 8 heteroatoms. The number of nitrogens with zero attached hydrogens (tertiary/aromatic N) is 4. The van der Waals surface area contributed by atoms with Crippen LogP contribution < -0.4 is 5.32 Å². The average Bonchev–Trinajstić information content (AvgIpc) is 3.46. The van der Waals surface area contributed by atoms with E-state index in [1.54, 1.807) is 18.4 Å². The largest absolute Gasteiger partial charge is 0.375 e. The minimum absolute atomic E-state index is 0. The van der Waals surface area contributed by atoms with Gasteiger partial charge < -0.3 is 15.0 Å². The summed E-state index contributed by atoms with van der Waals surface area (Å²) >= 11 is 1.65. The lowest BCUT2D eigenvalue weighted by molar-refractivity contribution is 0.119. The van der Waals surface area contributed by atoms with Crippen molar-refractivity contribution >= 4 is 41.3 Å². The van der Waals surface area contributed by atoms with Gasteiger partial charge in [-0.25, -0.2) is 4.98 Å². The molecule has 2 heterocycles. The van der Waals surface area contributed by atoms with E-state index in [1.165, 1.54) is 24.0 Å². The molecule has 1 aliphatic heterocycles. The number of thiazole rings is 1. The van der Waals surface area contributed by atoms with E-state index in [1.807, 2.05) is 6.92 Å². The Balaban J connectivity index is 0.00000363. The maximum Gasteiger partial charge on any atom is 0.194 e. The first-order valence-electron chi connectivity index (χ1n) is 11.3. The Morgan fingerprint density at radius 1 is 1.28 bits per heavy atom. The maximum atomic E-state index is 5.40. The summed E-state index contributed by atoms with van der Waals surface area (Å²) in [6, 6.07) is 9.26. The van der Waals surface area contributed by atoms with E-state index in [0.29, 0.717) is 6.04 Å². The molecule has 178 valence electrons. The van der Waals surface area contributed by atoms with Gasteiger partial charge in [-0.1, -0.05) is 29.8 Å². The number of likely N-dealkylation sites (tertiary alicyclic amines) is 1. The van der Waals surface area contributed by atoms with Crippen LogP contribution in [0.15, 0.2) is 34.6 Å². The molecule has 1 saturated heterocycles. The molecule has 1 fully saturated rings. The monoisotopic (exact) mass is 571 g/mol. The minimum atomic E-state index is 0. The SMILES string of the molecule is CCNC(=NCC(c1ccc(C)cc1)N1CCCC1)N(C)Cc1csc(C(C)OC)n1.I. The zero-order valence-corrected chi connectivity index (χ0v) is 23.2. The predicted molar refractivity (Wildman–Crippen MR) is 145 cm³/mol. The van der Waals surface area contributed by atoms with Crippen molar-refractivity contribution in [3.63, 3.8) is 0 Å². The summed E-state index contributed by atoms with van der Waals surface area (Å²) in [7, 11) is 3.80. The quantitative estimate of drug-likeness (QED) is 0.261. The zero-order chi connectivity index (χ0) is 22.2. The predicted octanol–water partition coefficient (Wildman–Crippen LogP) is 5.01. The molecule has 2 aromatic rings. The van der Waals surface area contributed by atoms with Crippen LogP contribution in [0, 0.1) is 6.92 Å². The number of aryl methyl sites for hydroxylation is 1. The molecule has 0 radical (unpaired) electrons. The van der Waals surface area contributed by atoms with Crippen LogP contribution in [0.3, 0.4) is 0 Å². The molecule has 1 aliphatic rings. The van der Waals surface area contributed by atoms with Crippen molar-refractivity contribution in [2.75, 3.05) is 40.3 Å². The fourth-order valence-electron chi connectivity index (χ4n) is 3.92. The molecule has 0 bridgehead atoms. The summed E-state index contributed by atoms with van der Waals surface area (Å²) in [4.78, 5) is 14.5. The van der Waals surface area contributed by atoms with Gasteiger partial charge in [-0.05, 0) is 52.3 Å². The van der Waals surface area contributed by atoms with Crippen molar-refractivity contribution in [2.24, 2.45) is 4.99 Å². The normalized spacial score (nSPS) is 16.5. The van der Waals surface area contributed by atoms with Gasteiger partial charge in [0.25, 0.3) is 0 Å². The van der Waals surface area contributed by atoms with Gasteiger partial charge in [-0.15, -0.1) is 35.3 Å². The molecule has 6 nitrogen and oxygen atoms in total. The number of halogens is 1. The van der Waals surface area contributed by atoms with Gasteiger partial charge in [-0.3, -0.25) is 9.89 Å². The Labute approximate surface area is 214 Å². The van der Waals surface area contributed by atoms with E-state index in [9.17, 15) is 0 Å². The number of guanidine groups is 1. The molecule has 3 rings (SSSR count). The second-order valence-corrected chi connectivity index (χ2v) is 9.16. The number of nitrogens with one attached hydrogen (secondary N) is 1. The molecule has 2 unspecified atom stereocenters. The zero-order valence-electron chi connectivity index (χ0n) is 20.0. The molecular formula is C24H38IN5OS. The molecule has 1 N–H and O–H groups in total. The van der Waals surface area contributed by atoms with Crippen LogP contribution in [0.4, 0.5) is 0 Å². The summed E-state index contributed by atoms with van der Waals surface area (Å²) < 4.78 is 5.40.